The van der Waals surface area contributed by atoms with Gasteiger partial charge in [-0.25, -0.2) is 0 Å². The van der Waals surface area contributed by atoms with Crippen LogP contribution in [0.25, 0.3) is 0 Å². The van der Waals surface area contributed by atoms with Crippen LogP contribution in [0, 0.1) is 11.3 Å². The molecule has 14 heavy (non-hydrogen) atoms. The molecule has 1 rings (SSSR count). The van der Waals surface area contributed by atoms with Crippen LogP contribution < -0.4 is 0 Å². The second-order valence-electron chi connectivity index (χ2n) is 3.27. The average Bonchev–Trinajstić information content (AvgIpc) is 2.19. The van der Waals surface area contributed by atoms with E-state index < -0.39 is 0 Å². The van der Waals surface area contributed by atoms with Crippen molar-refractivity contribution < 1.29 is 4.79 Å². The summed E-state index contributed by atoms with van der Waals surface area (Å²) in [5.41, 5.74) is 1.55. The Labute approximate surface area is 83.6 Å². The summed E-state index contributed by atoms with van der Waals surface area (Å²) < 4.78 is 0. The van der Waals surface area contributed by atoms with Crippen molar-refractivity contribution >= 4 is 5.91 Å². The van der Waals surface area contributed by atoms with Crippen molar-refractivity contribution in [2.75, 3.05) is 14.1 Å². The van der Waals surface area contributed by atoms with Gasteiger partial charge in [-0.15, -0.1) is 0 Å². The maximum Gasteiger partial charge on any atom is 0.226 e. The third kappa shape index (κ3) is 2.60. The van der Waals surface area contributed by atoms with E-state index in [4.69, 9.17) is 5.26 Å². The quantitative estimate of drug-likeness (QED) is 0.699. The molecular formula is C11H12N2O. The first kappa shape index (κ1) is 10.3. The van der Waals surface area contributed by atoms with Crippen molar-refractivity contribution in [3.63, 3.8) is 0 Å². The SMILES string of the molecule is CN(C)C(=O)Cc1ccc(C#N)cc1. The lowest BCUT2D eigenvalue weighted by Gasteiger charge is -2.09. The molecule has 1 aromatic rings. The maximum atomic E-state index is 11.3. The predicted octanol–water partition coefficient (Wildman–Crippen LogP) is 1.19. The van der Waals surface area contributed by atoms with Gasteiger partial charge in [0.15, 0.2) is 0 Å². The van der Waals surface area contributed by atoms with Crippen LogP contribution in [0.15, 0.2) is 24.3 Å². The third-order valence-electron chi connectivity index (χ3n) is 1.94. The highest BCUT2D eigenvalue weighted by Crippen LogP contribution is 2.04. The minimum Gasteiger partial charge on any atom is -0.349 e. The summed E-state index contributed by atoms with van der Waals surface area (Å²) in [7, 11) is 3.46. The van der Waals surface area contributed by atoms with E-state index in [1.807, 2.05) is 6.07 Å². The zero-order chi connectivity index (χ0) is 10.6. The number of benzene rings is 1. The van der Waals surface area contributed by atoms with E-state index in [1.165, 1.54) is 0 Å². The topological polar surface area (TPSA) is 44.1 Å². The Bertz CT molecular complexity index is 360. The molecule has 0 fully saturated rings. The van der Waals surface area contributed by atoms with Crippen LogP contribution in [0.1, 0.15) is 11.1 Å². The number of amides is 1. The van der Waals surface area contributed by atoms with Gasteiger partial charge in [0.05, 0.1) is 18.1 Å². The fourth-order valence-electron chi connectivity index (χ4n) is 1.03. The molecule has 0 spiro atoms. The van der Waals surface area contributed by atoms with Crippen molar-refractivity contribution in [3.8, 4) is 6.07 Å². The van der Waals surface area contributed by atoms with Crippen molar-refractivity contribution in [3.05, 3.63) is 35.4 Å². The van der Waals surface area contributed by atoms with Gasteiger partial charge in [-0.05, 0) is 17.7 Å². The van der Waals surface area contributed by atoms with Crippen molar-refractivity contribution in [2.24, 2.45) is 0 Å². The lowest BCUT2D eigenvalue weighted by Crippen LogP contribution is -2.23. The van der Waals surface area contributed by atoms with Gasteiger partial charge in [-0.3, -0.25) is 4.79 Å². The molecule has 0 aliphatic heterocycles. The molecule has 3 nitrogen and oxygen atoms in total. The molecule has 0 aliphatic rings. The van der Waals surface area contributed by atoms with Crippen LogP contribution in [-0.2, 0) is 11.2 Å². The zero-order valence-corrected chi connectivity index (χ0v) is 8.32. The standard InChI is InChI=1S/C11H12N2O/c1-13(2)11(14)7-9-3-5-10(8-12)6-4-9/h3-6H,7H2,1-2H3. The van der Waals surface area contributed by atoms with E-state index in [0.717, 1.165) is 5.56 Å². The van der Waals surface area contributed by atoms with Gasteiger partial charge in [0, 0.05) is 14.1 Å². The van der Waals surface area contributed by atoms with Gasteiger partial charge >= 0.3 is 0 Å². The summed E-state index contributed by atoms with van der Waals surface area (Å²) in [6.07, 6.45) is 0.388. The lowest BCUT2D eigenvalue weighted by atomic mass is 10.1. The maximum absolute atomic E-state index is 11.3. The number of carbonyl (C=O) groups excluding carboxylic acids is 1. The number of rotatable bonds is 2. The fraction of sp³-hybridized carbons (Fsp3) is 0.273. The molecule has 0 saturated carbocycles. The lowest BCUT2D eigenvalue weighted by molar-refractivity contribution is -0.127. The highest BCUT2D eigenvalue weighted by atomic mass is 16.2. The van der Waals surface area contributed by atoms with Crippen LogP contribution in [0.4, 0.5) is 0 Å². The van der Waals surface area contributed by atoms with E-state index in [1.54, 1.807) is 43.3 Å². The Balaban J connectivity index is 2.70. The average molecular weight is 188 g/mol. The summed E-state index contributed by atoms with van der Waals surface area (Å²) in [5, 5.41) is 8.57. The monoisotopic (exact) mass is 188 g/mol. The first-order valence-electron chi connectivity index (χ1n) is 4.32. The van der Waals surface area contributed by atoms with Crippen molar-refractivity contribution in [2.45, 2.75) is 6.42 Å². The fourth-order valence-corrected chi connectivity index (χ4v) is 1.03. The smallest absolute Gasteiger partial charge is 0.226 e. The van der Waals surface area contributed by atoms with Gasteiger partial charge in [-0.2, -0.15) is 5.26 Å². The molecular weight excluding hydrogens is 176 g/mol. The molecule has 0 atom stereocenters. The molecule has 1 amide bonds. The third-order valence-corrected chi connectivity index (χ3v) is 1.94. The zero-order valence-electron chi connectivity index (χ0n) is 8.32. The molecule has 0 N–H and O–H groups in total. The summed E-state index contributed by atoms with van der Waals surface area (Å²) >= 11 is 0. The number of hydrogen-bond acceptors (Lipinski definition) is 2. The molecule has 3 heteroatoms. The van der Waals surface area contributed by atoms with E-state index in [9.17, 15) is 4.79 Å². The van der Waals surface area contributed by atoms with Crippen LogP contribution in [-0.4, -0.2) is 24.9 Å². The number of hydrogen-bond donors (Lipinski definition) is 0. The summed E-state index contributed by atoms with van der Waals surface area (Å²) in [5.74, 6) is 0.0645. The van der Waals surface area contributed by atoms with Crippen LogP contribution in [0.3, 0.4) is 0 Å². The normalized spacial score (nSPS) is 9.21. The summed E-state index contributed by atoms with van der Waals surface area (Å²) in [6.45, 7) is 0. The summed E-state index contributed by atoms with van der Waals surface area (Å²) in [6, 6.07) is 9.09. The highest BCUT2D eigenvalue weighted by molar-refractivity contribution is 5.78. The molecule has 0 aromatic heterocycles. The Morgan fingerprint density at radius 2 is 1.93 bits per heavy atom. The highest BCUT2D eigenvalue weighted by Gasteiger charge is 2.04. The molecule has 0 saturated heterocycles. The number of nitriles is 1. The molecule has 0 radical (unpaired) electrons. The van der Waals surface area contributed by atoms with E-state index in [-0.39, 0.29) is 5.91 Å². The predicted molar refractivity (Wildman–Crippen MR) is 53.6 cm³/mol. The molecule has 0 unspecified atom stereocenters. The number of likely N-dealkylation sites (N-methyl/N-ethyl adjacent to an activating group) is 1. The van der Waals surface area contributed by atoms with E-state index in [0.29, 0.717) is 12.0 Å². The molecule has 72 valence electrons. The largest absolute Gasteiger partial charge is 0.349 e. The van der Waals surface area contributed by atoms with E-state index in [2.05, 4.69) is 0 Å². The van der Waals surface area contributed by atoms with Gasteiger partial charge in [0.25, 0.3) is 0 Å². The van der Waals surface area contributed by atoms with Crippen molar-refractivity contribution in [1.29, 1.82) is 5.26 Å². The molecule has 0 aliphatic carbocycles. The number of carbonyl (C=O) groups is 1. The minimum absolute atomic E-state index is 0.0645. The number of nitrogens with zero attached hydrogens (tertiary/aromatic N) is 2. The molecule has 0 heterocycles. The van der Waals surface area contributed by atoms with Gasteiger partial charge in [0.2, 0.25) is 5.91 Å². The molecule has 0 bridgehead atoms. The second-order valence-corrected chi connectivity index (χ2v) is 3.27. The van der Waals surface area contributed by atoms with Crippen LogP contribution >= 0.6 is 0 Å². The van der Waals surface area contributed by atoms with Gasteiger partial charge in [0.1, 0.15) is 0 Å². The van der Waals surface area contributed by atoms with Gasteiger partial charge in [-0.1, -0.05) is 12.1 Å². The minimum atomic E-state index is 0.0645. The first-order chi connectivity index (χ1) is 6.63. The Kier molecular flexibility index (Phi) is 3.24. The first-order valence-corrected chi connectivity index (χ1v) is 4.32. The van der Waals surface area contributed by atoms with E-state index >= 15 is 0 Å². The van der Waals surface area contributed by atoms with Gasteiger partial charge < -0.3 is 4.90 Å². The second kappa shape index (κ2) is 4.43. The Morgan fingerprint density at radius 1 is 1.36 bits per heavy atom. The Morgan fingerprint density at radius 3 is 2.36 bits per heavy atom. The van der Waals surface area contributed by atoms with Crippen LogP contribution in [0.2, 0.25) is 0 Å². The van der Waals surface area contributed by atoms with Crippen molar-refractivity contribution in [1.82, 2.24) is 4.90 Å². The molecule has 1 aromatic carbocycles. The van der Waals surface area contributed by atoms with Crippen LogP contribution in [0.5, 0.6) is 0 Å². The summed E-state index contributed by atoms with van der Waals surface area (Å²) in [4.78, 5) is 12.9. The Hall–Kier alpha value is -1.82.